The van der Waals surface area contributed by atoms with Crippen molar-refractivity contribution in [3.8, 4) is 0 Å². The lowest BCUT2D eigenvalue weighted by molar-refractivity contribution is -0.158. The molecular formula is C20H33N3O2S. The maximum Gasteiger partial charge on any atom is 0.234 e. The first kappa shape index (κ1) is 18.8. The number of piperidine rings is 1. The molecule has 0 aromatic heterocycles. The number of β-lactam (4-membered cyclic amide) rings is 1. The highest BCUT2D eigenvalue weighted by atomic mass is 32.2. The number of aliphatic hydroxyl groups is 1. The van der Waals surface area contributed by atoms with Gasteiger partial charge in [-0.05, 0) is 58.8 Å². The average Bonchev–Trinajstić information content (AvgIpc) is 3.14. The Morgan fingerprint density at radius 3 is 2.69 bits per heavy atom. The molecule has 146 valence electrons. The summed E-state index contributed by atoms with van der Waals surface area (Å²) < 4.78 is 0. The topological polar surface area (TPSA) is 47.0 Å². The molecule has 0 aromatic rings. The number of carbonyl (C=O) groups is 1. The standard InChI is InChI=1S/C20H33N3O2S/c1-13-17(12-23-19(13)18(14(2)24)20(23)25)26-16-6-9-22(11-16)10-15-4-7-21(3)8-5-15/h12-16,18-19,24H,4-11H2,1-3H3/t13-,14+,16+,18+,19+/m0/s1. The van der Waals surface area contributed by atoms with Crippen LogP contribution >= 0.6 is 11.8 Å². The summed E-state index contributed by atoms with van der Waals surface area (Å²) >= 11 is 1.99. The van der Waals surface area contributed by atoms with Crippen LogP contribution in [0, 0.1) is 17.8 Å². The highest BCUT2D eigenvalue weighted by Gasteiger charge is 2.55. The highest BCUT2D eigenvalue weighted by Crippen LogP contribution is 2.48. The van der Waals surface area contributed by atoms with Crippen molar-refractivity contribution in [3.05, 3.63) is 11.1 Å². The second-order valence-electron chi connectivity index (χ2n) is 8.86. The summed E-state index contributed by atoms with van der Waals surface area (Å²) in [4.78, 5) is 20.5. The molecule has 0 spiro atoms. The number of hydrogen-bond donors (Lipinski definition) is 1. The Morgan fingerprint density at radius 1 is 1.27 bits per heavy atom. The van der Waals surface area contributed by atoms with Gasteiger partial charge >= 0.3 is 0 Å². The third-order valence-corrected chi connectivity index (χ3v) is 8.33. The van der Waals surface area contributed by atoms with Gasteiger partial charge in [-0.15, -0.1) is 11.8 Å². The average molecular weight is 380 g/mol. The number of fused-ring (bicyclic) bond motifs is 1. The highest BCUT2D eigenvalue weighted by molar-refractivity contribution is 8.03. The zero-order valence-electron chi connectivity index (χ0n) is 16.3. The van der Waals surface area contributed by atoms with Crippen LogP contribution in [0.4, 0.5) is 0 Å². The van der Waals surface area contributed by atoms with Gasteiger partial charge in [-0.1, -0.05) is 6.92 Å². The summed E-state index contributed by atoms with van der Waals surface area (Å²) in [6, 6.07) is 0.182. The predicted octanol–water partition coefficient (Wildman–Crippen LogP) is 1.83. The maximum atomic E-state index is 12.2. The molecule has 6 heteroatoms. The summed E-state index contributed by atoms with van der Waals surface area (Å²) in [5.41, 5.74) is 0. The molecule has 4 aliphatic rings. The van der Waals surface area contributed by atoms with Crippen molar-refractivity contribution in [1.82, 2.24) is 14.7 Å². The van der Waals surface area contributed by atoms with Crippen molar-refractivity contribution in [2.75, 3.05) is 39.8 Å². The lowest BCUT2D eigenvalue weighted by atomic mass is 9.79. The van der Waals surface area contributed by atoms with Gasteiger partial charge in [0.25, 0.3) is 0 Å². The molecule has 0 aromatic carbocycles. The zero-order chi connectivity index (χ0) is 18.4. The van der Waals surface area contributed by atoms with Gasteiger partial charge in [-0.3, -0.25) is 4.79 Å². The summed E-state index contributed by atoms with van der Waals surface area (Å²) in [5.74, 6) is 1.12. The van der Waals surface area contributed by atoms with E-state index in [1.165, 1.54) is 56.9 Å². The minimum absolute atomic E-state index is 0.0998. The van der Waals surface area contributed by atoms with E-state index in [1.54, 1.807) is 6.92 Å². The van der Waals surface area contributed by atoms with Gasteiger partial charge in [-0.25, -0.2) is 0 Å². The third-order valence-electron chi connectivity index (χ3n) is 6.86. The smallest absolute Gasteiger partial charge is 0.234 e. The molecule has 4 heterocycles. The summed E-state index contributed by atoms with van der Waals surface area (Å²) in [6.45, 7) is 10.1. The number of rotatable bonds is 5. The van der Waals surface area contributed by atoms with E-state index in [0.717, 1.165) is 5.92 Å². The molecular weight excluding hydrogens is 346 g/mol. The van der Waals surface area contributed by atoms with Crippen LogP contribution in [-0.2, 0) is 4.79 Å². The van der Waals surface area contributed by atoms with Gasteiger partial charge in [0.15, 0.2) is 0 Å². The van der Waals surface area contributed by atoms with E-state index >= 15 is 0 Å². The minimum Gasteiger partial charge on any atom is -0.393 e. The van der Waals surface area contributed by atoms with Crippen LogP contribution in [0.3, 0.4) is 0 Å². The molecule has 0 saturated carbocycles. The van der Waals surface area contributed by atoms with Crippen LogP contribution < -0.4 is 0 Å². The second kappa shape index (κ2) is 7.46. The van der Waals surface area contributed by atoms with E-state index < -0.39 is 6.10 Å². The number of thioether (sulfide) groups is 1. The molecule has 4 rings (SSSR count). The number of amides is 1. The van der Waals surface area contributed by atoms with Gasteiger partial charge in [0, 0.05) is 35.4 Å². The number of carbonyl (C=O) groups excluding carboxylic acids is 1. The second-order valence-corrected chi connectivity index (χ2v) is 10.2. The molecule has 0 bridgehead atoms. The first-order valence-electron chi connectivity index (χ1n) is 10.2. The Hall–Kier alpha value is -0.560. The van der Waals surface area contributed by atoms with Gasteiger partial charge in [0.05, 0.1) is 18.1 Å². The zero-order valence-corrected chi connectivity index (χ0v) is 17.1. The van der Waals surface area contributed by atoms with E-state index in [2.05, 4.69) is 30.0 Å². The summed E-state index contributed by atoms with van der Waals surface area (Å²) in [5, 5.41) is 10.5. The first-order chi connectivity index (χ1) is 12.4. The number of likely N-dealkylation sites (tertiary alicyclic amines) is 2. The molecule has 0 unspecified atom stereocenters. The van der Waals surface area contributed by atoms with Gasteiger partial charge < -0.3 is 19.8 Å². The van der Waals surface area contributed by atoms with Crippen LogP contribution in [0.1, 0.15) is 33.1 Å². The third kappa shape index (κ3) is 3.46. The van der Waals surface area contributed by atoms with Crippen molar-refractivity contribution in [3.63, 3.8) is 0 Å². The van der Waals surface area contributed by atoms with E-state index in [0.29, 0.717) is 11.2 Å². The summed E-state index contributed by atoms with van der Waals surface area (Å²) in [7, 11) is 2.23. The molecule has 3 saturated heterocycles. The lowest BCUT2D eigenvalue weighted by Gasteiger charge is -2.45. The Kier molecular flexibility index (Phi) is 5.39. The number of aliphatic hydroxyl groups excluding tert-OH is 1. The van der Waals surface area contributed by atoms with Crippen LogP contribution in [0.15, 0.2) is 11.1 Å². The van der Waals surface area contributed by atoms with Crippen molar-refractivity contribution in [2.45, 2.75) is 50.5 Å². The molecule has 5 atom stereocenters. The van der Waals surface area contributed by atoms with Crippen LogP contribution in [0.25, 0.3) is 0 Å². The molecule has 1 N–H and O–H groups in total. The number of nitrogens with zero attached hydrogens (tertiary/aromatic N) is 3. The van der Waals surface area contributed by atoms with Crippen LogP contribution in [0.5, 0.6) is 0 Å². The molecule has 4 aliphatic heterocycles. The first-order valence-corrected chi connectivity index (χ1v) is 11.1. The molecule has 3 fully saturated rings. The maximum absolute atomic E-state index is 12.2. The van der Waals surface area contributed by atoms with Gasteiger partial charge in [-0.2, -0.15) is 0 Å². The fourth-order valence-corrected chi connectivity index (χ4v) is 6.59. The van der Waals surface area contributed by atoms with Crippen molar-refractivity contribution in [2.24, 2.45) is 17.8 Å². The Balaban J connectivity index is 1.27. The SMILES string of the molecule is C[C@@H](O)[C@H]1C(=O)N2C=C(S[C@@H]3CCN(CC4CCN(C)CC4)C3)[C@H](C)[C@H]12. The van der Waals surface area contributed by atoms with Gasteiger partial charge in [0.1, 0.15) is 0 Å². The number of hydrogen-bond acceptors (Lipinski definition) is 5. The molecule has 5 nitrogen and oxygen atoms in total. The molecule has 26 heavy (non-hydrogen) atoms. The van der Waals surface area contributed by atoms with E-state index in [-0.39, 0.29) is 17.9 Å². The normalized spacial score (nSPS) is 37.6. The van der Waals surface area contributed by atoms with E-state index in [9.17, 15) is 9.90 Å². The lowest BCUT2D eigenvalue weighted by Crippen LogP contribution is -2.61. The quantitative estimate of drug-likeness (QED) is 0.739. The predicted molar refractivity (Wildman–Crippen MR) is 106 cm³/mol. The molecule has 1 amide bonds. The molecule has 0 aliphatic carbocycles. The summed E-state index contributed by atoms with van der Waals surface area (Å²) in [6.07, 6.45) is 5.46. The van der Waals surface area contributed by atoms with Crippen molar-refractivity contribution in [1.29, 1.82) is 0 Å². The fourth-order valence-electron chi connectivity index (χ4n) is 5.17. The Morgan fingerprint density at radius 2 is 2.00 bits per heavy atom. The molecule has 0 radical (unpaired) electrons. The largest absolute Gasteiger partial charge is 0.393 e. The fraction of sp³-hybridized carbons (Fsp3) is 0.850. The van der Waals surface area contributed by atoms with E-state index in [4.69, 9.17) is 0 Å². The van der Waals surface area contributed by atoms with Crippen LogP contribution in [0.2, 0.25) is 0 Å². The van der Waals surface area contributed by atoms with E-state index in [1.807, 2.05) is 16.7 Å². The monoisotopic (exact) mass is 379 g/mol. The van der Waals surface area contributed by atoms with Crippen molar-refractivity contribution < 1.29 is 9.90 Å². The van der Waals surface area contributed by atoms with Crippen molar-refractivity contribution >= 4 is 17.7 Å². The van der Waals surface area contributed by atoms with Crippen LogP contribution in [-0.4, -0.2) is 82.9 Å². The van der Waals surface area contributed by atoms with Gasteiger partial charge in [0.2, 0.25) is 5.91 Å². The Labute approximate surface area is 161 Å². The minimum atomic E-state index is -0.541. The Bertz CT molecular complexity index is 573.